The highest BCUT2D eigenvalue weighted by atomic mass is 79.9. The van der Waals surface area contributed by atoms with E-state index in [0.717, 1.165) is 11.6 Å². The maximum absolute atomic E-state index is 13.0. The molecule has 4 heteroatoms. The summed E-state index contributed by atoms with van der Waals surface area (Å²) in [6.45, 7) is 6.03. The van der Waals surface area contributed by atoms with Crippen LogP contribution >= 0.6 is 15.9 Å². The van der Waals surface area contributed by atoms with Gasteiger partial charge in [-0.1, -0.05) is 33.6 Å². The summed E-state index contributed by atoms with van der Waals surface area (Å²) < 4.78 is 0.362. The van der Waals surface area contributed by atoms with Crippen molar-refractivity contribution in [2.24, 2.45) is 17.8 Å². The molecule has 0 aliphatic heterocycles. The van der Waals surface area contributed by atoms with Crippen LogP contribution in [-0.4, -0.2) is 21.8 Å². The van der Waals surface area contributed by atoms with Crippen molar-refractivity contribution in [3.63, 3.8) is 0 Å². The molecule has 25 heavy (non-hydrogen) atoms. The number of hydrogen-bond donors (Lipinski definition) is 2. The van der Waals surface area contributed by atoms with Crippen molar-refractivity contribution in [2.45, 2.75) is 68.8 Å². The van der Waals surface area contributed by atoms with Gasteiger partial charge in [-0.15, -0.1) is 0 Å². The number of halogens is 1. The fraction of sp³-hybridized carbons (Fsp3) is 0.667. The van der Waals surface area contributed by atoms with Crippen molar-refractivity contribution in [2.75, 3.05) is 5.32 Å². The second kappa shape index (κ2) is 6.00. The van der Waals surface area contributed by atoms with Crippen molar-refractivity contribution in [3.05, 3.63) is 29.8 Å². The van der Waals surface area contributed by atoms with Gasteiger partial charge in [0.05, 0.1) is 0 Å². The van der Waals surface area contributed by atoms with Crippen molar-refractivity contribution in [3.8, 4) is 0 Å². The number of nitrogens with one attached hydrogen (secondary N) is 2. The highest BCUT2D eigenvalue weighted by molar-refractivity contribution is 9.10. The molecule has 1 aromatic rings. The minimum Gasteiger partial charge on any atom is -0.372 e. The molecule has 1 amide bonds. The van der Waals surface area contributed by atoms with Gasteiger partial charge in [0.2, 0.25) is 5.91 Å². The molecule has 136 valence electrons. The van der Waals surface area contributed by atoms with Gasteiger partial charge in [-0.3, -0.25) is 4.79 Å². The molecule has 1 unspecified atom stereocenters. The lowest BCUT2D eigenvalue weighted by atomic mass is 9.54. The van der Waals surface area contributed by atoms with Crippen molar-refractivity contribution in [1.82, 2.24) is 5.32 Å². The molecular weight excluding hydrogens is 376 g/mol. The SMILES string of the molecule is Cc1ccc(NC(C)(C)C(=O)N[C@H]2[C@@H]3CC4C[C@H]2C[C@](Br)(C4)C3)cc1. The standard InChI is InChI=1S/C21H29BrN2O/c1-13-4-6-17(7-5-13)24-20(2,3)19(25)23-18-15-8-14-9-16(18)12-21(22,10-14)11-15/h4-7,14-16,18,24H,8-12H2,1-3H3,(H,23,25)/t14?,15-,16+,18+,21+. The second-order valence-corrected chi connectivity index (χ2v) is 10.9. The third-order valence-electron chi connectivity index (χ3n) is 6.57. The van der Waals surface area contributed by atoms with Gasteiger partial charge in [-0.05, 0) is 82.8 Å². The number of aryl methyl sites for hydroxylation is 1. The third kappa shape index (κ3) is 3.34. The first-order valence-corrected chi connectivity index (χ1v) is 10.4. The number of rotatable bonds is 4. The number of alkyl halides is 1. The number of carbonyl (C=O) groups is 1. The van der Waals surface area contributed by atoms with E-state index in [0.29, 0.717) is 22.2 Å². The fourth-order valence-electron chi connectivity index (χ4n) is 5.55. The Labute approximate surface area is 159 Å². The second-order valence-electron chi connectivity index (χ2n) is 9.24. The van der Waals surface area contributed by atoms with Crippen molar-refractivity contribution < 1.29 is 4.79 Å². The van der Waals surface area contributed by atoms with E-state index >= 15 is 0 Å². The van der Waals surface area contributed by atoms with E-state index in [4.69, 9.17) is 0 Å². The van der Waals surface area contributed by atoms with Crippen LogP contribution in [0.5, 0.6) is 0 Å². The first-order chi connectivity index (χ1) is 11.7. The molecule has 4 saturated carbocycles. The Bertz CT molecular complexity index is 653. The molecule has 0 saturated heterocycles. The Morgan fingerprint density at radius 3 is 2.28 bits per heavy atom. The molecule has 4 aliphatic rings. The molecule has 4 fully saturated rings. The van der Waals surface area contributed by atoms with Crippen LogP contribution in [0.4, 0.5) is 5.69 Å². The van der Waals surface area contributed by atoms with Crippen LogP contribution in [0.1, 0.15) is 51.5 Å². The van der Waals surface area contributed by atoms with Crippen molar-refractivity contribution in [1.29, 1.82) is 0 Å². The molecule has 3 nitrogen and oxygen atoms in total. The summed E-state index contributed by atoms with van der Waals surface area (Å²) in [6.07, 6.45) is 6.36. The van der Waals surface area contributed by atoms with E-state index in [-0.39, 0.29) is 5.91 Å². The average Bonchev–Trinajstić information content (AvgIpc) is 2.51. The maximum Gasteiger partial charge on any atom is 0.245 e. The molecule has 5 atom stereocenters. The number of carbonyl (C=O) groups excluding carboxylic acids is 1. The third-order valence-corrected chi connectivity index (χ3v) is 7.54. The van der Waals surface area contributed by atoms with Gasteiger partial charge in [0.1, 0.15) is 5.54 Å². The molecule has 2 N–H and O–H groups in total. The van der Waals surface area contributed by atoms with Crippen LogP contribution in [0.2, 0.25) is 0 Å². The number of benzene rings is 1. The summed E-state index contributed by atoms with van der Waals surface area (Å²) in [4.78, 5) is 13.0. The van der Waals surface area contributed by atoms with Gasteiger partial charge >= 0.3 is 0 Å². The van der Waals surface area contributed by atoms with Crippen molar-refractivity contribution >= 4 is 27.5 Å². The first-order valence-electron chi connectivity index (χ1n) is 9.59. The van der Waals surface area contributed by atoms with E-state index in [1.165, 1.54) is 37.7 Å². The zero-order valence-electron chi connectivity index (χ0n) is 15.4. The highest BCUT2D eigenvalue weighted by Gasteiger charge is 2.55. The molecule has 0 spiro atoms. The first kappa shape index (κ1) is 17.4. The van der Waals surface area contributed by atoms with E-state index in [1.54, 1.807) is 0 Å². The van der Waals surface area contributed by atoms with Gasteiger partial charge in [0.15, 0.2) is 0 Å². The van der Waals surface area contributed by atoms with E-state index in [9.17, 15) is 4.79 Å². The normalized spacial score (nSPS) is 36.3. The molecule has 4 aliphatic carbocycles. The number of hydrogen-bond acceptors (Lipinski definition) is 2. The van der Waals surface area contributed by atoms with Gasteiger partial charge in [0, 0.05) is 16.1 Å². The predicted molar refractivity (Wildman–Crippen MR) is 106 cm³/mol. The van der Waals surface area contributed by atoms with Gasteiger partial charge in [-0.2, -0.15) is 0 Å². The van der Waals surface area contributed by atoms with Crippen LogP contribution in [0.25, 0.3) is 0 Å². The lowest BCUT2D eigenvalue weighted by Crippen LogP contribution is -2.62. The molecule has 1 aromatic carbocycles. The van der Waals surface area contributed by atoms with Crippen LogP contribution < -0.4 is 10.6 Å². The molecule has 0 aromatic heterocycles. The molecule has 5 rings (SSSR count). The van der Waals surface area contributed by atoms with Gasteiger partial charge in [0.25, 0.3) is 0 Å². The van der Waals surface area contributed by atoms with E-state index in [1.807, 2.05) is 26.0 Å². The highest BCUT2D eigenvalue weighted by Crippen LogP contribution is 2.59. The van der Waals surface area contributed by atoms with Crippen LogP contribution in [-0.2, 0) is 4.79 Å². The summed E-state index contributed by atoms with van der Waals surface area (Å²) in [5, 5.41) is 6.83. The monoisotopic (exact) mass is 404 g/mol. The zero-order chi connectivity index (χ0) is 17.8. The van der Waals surface area contributed by atoms with Gasteiger partial charge < -0.3 is 10.6 Å². The topological polar surface area (TPSA) is 41.1 Å². The zero-order valence-corrected chi connectivity index (χ0v) is 17.0. The summed E-state index contributed by atoms with van der Waals surface area (Å²) in [6, 6.07) is 8.59. The van der Waals surface area contributed by atoms with Crippen LogP contribution in [0.3, 0.4) is 0 Å². The minimum atomic E-state index is -0.615. The summed E-state index contributed by atoms with van der Waals surface area (Å²) in [5.41, 5.74) is 1.61. The summed E-state index contributed by atoms with van der Waals surface area (Å²) in [5.74, 6) is 2.27. The number of anilines is 1. The Hall–Kier alpha value is -1.03. The van der Waals surface area contributed by atoms with Crippen LogP contribution in [0.15, 0.2) is 24.3 Å². The molecule has 0 heterocycles. The van der Waals surface area contributed by atoms with Gasteiger partial charge in [-0.25, -0.2) is 0 Å². The van der Waals surface area contributed by atoms with Crippen LogP contribution in [0, 0.1) is 24.7 Å². The smallest absolute Gasteiger partial charge is 0.245 e. The Kier molecular flexibility index (Phi) is 4.18. The Morgan fingerprint density at radius 2 is 1.72 bits per heavy atom. The molecule has 0 radical (unpaired) electrons. The number of amides is 1. The lowest BCUT2D eigenvalue weighted by molar-refractivity contribution is -0.128. The quantitative estimate of drug-likeness (QED) is 0.717. The average molecular weight is 405 g/mol. The fourth-order valence-corrected chi connectivity index (χ4v) is 6.84. The predicted octanol–water partition coefficient (Wildman–Crippen LogP) is 4.64. The maximum atomic E-state index is 13.0. The summed E-state index contributed by atoms with van der Waals surface area (Å²) in [7, 11) is 0. The molecule has 4 bridgehead atoms. The Balaban J connectivity index is 1.43. The largest absolute Gasteiger partial charge is 0.372 e. The van der Waals surface area contributed by atoms with E-state index < -0.39 is 5.54 Å². The Morgan fingerprint density at radius 1 is 1.12 bits per heavy atom. The lowest BCUT2D eigenvalue weighted by Gasteiger charge is -2.58. The van der Waals surface area contributed by atoms with E-state index in [2.05, 4.69) is 45.6 Å². The molecular formula is C21H29BrN2O. The summed E-state index contributed by atoms with van der Waals surface area (Å²) >= 11 is 4.02. The minimum absolute atomic E-state index is 0.120.